The fourth-order valence-electron chi connectivity index (χ4n) is 1.65. The molecule has 1 rings (SSSR count). The van der Waals surface area contributed by atoms with Gasteiger partial charge in [0.25, 0.3) is 0 Å². The number of para-hydroxylation sites is 1. The lowest BCUT2D eigenvalue weighted by Crippen LogP contribution is -2.42. The molecule has 0 aromatic heterocycles. The van der Waals surface area contributed by atoms with Gasteiger partial charge in [-0.15, -0.1) is 0 Å². The first kappa shape index (κ1) is 15.9. The van der Waals surface area contributed by atoms with E-state index < -0.39 is 15.6 Å². The van der Waals surface area contributed by atoms with Crippen molar-refractivity contribution in [2.45, 2.75) is 37.2 Å². The van der Waals surface area contributed by atoms with E-state index in [1.807, 2.05) is 13.8 Å². The zero-order valence-electron chi connectivity index (χ0n) is 11.5. The van der Waals surface area contributed by atoms with Crippen LogP contribution in [0, 0.1) is 0 Å². The first-order valence-electron chi connectivity index (χ1n) is 6.23. The average Bonchev–Trinajstić information content (AvgIpc) is 2.44. The largest absolute Gasteiger partial charge is 0.495 e. The minimum atomic E-state index is -3.69. The van der Waals surface area contributed by atoms with Crippen LogP contribution in [-0.2, 0) is 10.0 Å². The van der Waals surface area contributed by atoms with Gasteiger partial charge in [0, 0.05) is 6.54 Å². The van der Waals surface area contributed by atoms with Crippen molar-refractivity contribution < 1.29 is 18.3 Å². The van der Waals surface area contributed by atoms with Crippen molar-refractivity contribution in [3.05, 3.63) is 24.3 Å². The molecule has 19 heavy (non-hydrogen) atoms. The van der Waals surface area contributed by atoms with Gasteiger partial charge in [0.15, 0.2) is 0 Å². The third kappa shape index (κ3) is 3.92. The maximum atomic E-state index is 12.2. The first-order chi connectivity index (χ1) is 8.88. The molecular formula is C13H21NO4S. The van der Waals surface area contributed by atoms with Crippen LogP contribution in [0.4, 0.5) is 0 Å². The number of rotatable bonds is 7. The van der Waals surface area contributed by atoms with Gasteiger partial charge in [-0.3, -0.25) is 0 Å². The summed E-state index contributed by atoms with van der Waals surface area (Å²) in [7, 11) is -2.27. The molecule has 1 aromatic rings. The van der Waals surface area contributed by atoms with Crippen LogP contribution >= 0.6 is 0 Å². The summed E-state index contributed by atoms with van der Waals surface area (Å²) in [4.78, 5) is 0.0760. The van der Waals surface area contributed by atoms with Gasteiger partial charge >= 0.3 is 0 Å². The van der Waals surface area contributed by atoms with Crippen LogP contribution in [0.2, 0.25) is 0 Å². The fraction of sp³-hybridized carbons (Fsp3) is 0.538. The first-order valence-corrected chi connectivity index (χ1v) is 7.72. The van der Waals surface area contributed by atoms with Crippen molar-refractivity contribution in [3.8, 4) is 5.75 Å². The molecule has 0 saturated heterocycles. The monoisotopic (exact) mass is 287 g/mol. The van der Waals surface area contributed by atoms with Crippen molar-refractivity contribution in [1.29, 1.82) is 0 Å². The molecule has 0 radical (unpaired) electrons. The molecule has 0 aliphatic carbocycles. The molecule has 0 unspecified atom stereocenters. The molecule has 0 heterocycles. The summed E-state index contributed by atoms with van der Waals surface area (Å²) < 4.78 is 31.8. The summed E-state index contributed by atoms with van der Waals surface area (Å²) >= 11 is 0. The van der Waals surface area contributed by atoms with Gasteiger partial charge in [-0.25, -0.2) is 13.1 Å². The Morgan fingerprint density at radius 1 is 1.26 bits per heavy atom. The van der Waals surface area contributed by atoms with E-state index in [1.165, 1.54) is 13.2 Å². The van der Waals surface area contributed by atoms with Crippen LogP contribution in [0.25, 0.3) is 0 Å². The summed E-state index contributed by atoms with van der Waals surface area (Å²) in [5, 5.41) is 10.1. The Bertz CT molecular complexity index is 509. The summed E-state index contributed by atoms with van der Waals surface area (Å²) in [6, 6.07) is 6.38. The Morgan fingerprint density at radius 2 is 1.84 bits per heavy atom. The fourth-order valence-corrected chi connectivity index (χ4v) is 2.94. The van der Waals surface area contributed by atoms with E-state index >= 15 is 0 Å². The molecule has 0 aliphatic rings. The average molecular weight is 287 g/mol. The van der Waals surface area contributed by atoms with E-state index in [0.717, 1.165) is 0 Å². The van der Waals surface area contributed by atoms with E-state index in [1.54, 1.807) is 18.2 Å². The molecule has 0 bridgehead atoms. The number of hydrogen-bond donors (Lipinski definition) is 2. The van der Waals surface area contributed by atoms with Crippen LogP contribution in [0.3, 0.4) is 0 Å². The standard InChI is InChI=1S/C13H21NO4S/c1-4-13(15,5-2)10-14-19(16,17)12-9-7-6-8-11(12)18-3/h6-9,14-15H,4-5,10H2,1-3H3. The zero-order valence-corrected chi connectivity index (χ0v) is 12.3. The predicted octanol–water partition coefficient (Wildman–Crippen LogP) is 1.52. The molecule has 0 aliphatic heterocycles. The molecule has 1 aromatic carbocycles. The minimum Gasteiger partial charge on any atom is -0.495 e. The highest BCUT2D eigenvalue weighted by molar-refractivity contribution is 7.89. The van der Waals surface area contributed by atoms with Crippen molar-refractivity contribution in [1.82, 2.24) is 4.72 Å². The highest BCUT2D eigenvalue weighted by Gasteiger charge is 2.26. The number of nitrogens with one attached hydrogen (secondary N) is 1. The van der Waals surface area contributed by atoms with Crippen molar-refractivity contribution in [2.75, 3.05) is 13.7 Å². The highest BCUT2D eigenvalue weighted by Crippen LogP contribution is 2.23. The molecule has 108 valence electrons. The Balaban J connectivity index is 2.93. The number of hydrogen-bond acceptors (Lipinski definition) is 4. The number of methoxy groups -OCH3 is 1. The number of sulfonamides is 1. The van der Waals surface area contributed by atoms with Crippen LogP contribution < -0.4 is 9.46 Å². The SMILES string of the molecule is CCC(O)(CC)CNS(=O)(=O)c1ccccc1OC. The second-order valence-corrected chi connectivity index (χ2v) is 6.14. The maximum Gasteiger partial charge on any atom is 0.244 e. The van der Waals surface area contributed by atoms with Gasteiger partial charge in [-0.2, -0.15) is 0 Å². The van der Waals surface area contributed by atoms with Gasteiger partial charge in [-0.05, 0) is 25.0 Å². The van der Waals surface area contributed by atoms with Crippen molar-refractivity contribution >= 4 is 10.0 Å². The Kier molecular flexibility index (Phi) is 5.34. The molecule has 0 amide bonds. The number of benzene rings is 1. The van der Waals surface area contributed by atoms with Crippen LogP contribution in [0.15, 0.2) is 29.2 Å². The lowest BCUT2D eigenvalue weighted by atomic mass is 9.98. The lowest BCUT2D eigenvalue weighted by molar-refractivity contribution is 0.0377. The molecule has 0 atom stereocenters. The van der Waals surface area contributed by atoms with Gasteiger partial charge in [0.05, 0.1) is 12.7 Å². The van der Waals surface area contributed by atoms with E-state index in [9.17, 15) is 13.5 Å². The number of aliphatic hydroxyl groups is 1. The van der Waals surface area contributed by atoms with E-state index in [0.29, 0.717) is 12.8 Å². The quantitative estimate of drug-likeness (QED) is 0.797. The molecule has 0 spiro atoms. The second kappa shape index (κ2) is 6.36. The molecule has 0 fully saturated rings. The van der Waals surface area contributed by atoms with Gasteiger partial charge in [0.2, 0.25) is 10.0 Å². The van der Waals surface area contributed by atoms with Crippen molar-refractivity contribution in [2.24, 2.45) is 0 Å². The lowest BCUT2D eigenvalue weighted by Gasteiger charge is -2.25. The van der Waals surface area contributed by atoms with E-state index in [2.05, 4.69) is 4.72 Å². The smallest absolute Gasteiger partial charge is 0.244 e. The molecule has 6 heteroatoms. The Labute approximate surface area is 114 Å². The molecule has 5 nitrogen and oxygen atoms in total. The summed E-state index contributed by atoms with van der Waals surface area (Å²) in [5.41, 5.74) is -1.02. The highest BCUT2D eigenvalue weighted by atomic mass is 32.2. The number of ether oxygens (including phenoxy) is 1. The Hall–Kier alpha value is -1.11. The van der Waals surface area contributed by atoms with Gasteiger partial charge in [0.1, 0.15) is 10.6 Å². The topological polar surface area (TPSA) is 75.6 Å². The van der Waals surface area contributed by atoms with E-state index in [4.69, 9.17) is 4.74 Å². The summed E-state index contributed by atoms with van der Waals surface area (Å²) in [6.45, 7) is 3.63. The Morgan fingerprint density at radius 3 is 2.37 bits per heavy atom. The second-order valence-electron chi connectivity index (χ2n) is 4.41. The van der Waals surface area contributed by atoms with E-state index in [-0.39, 0.29) is 17.2 Å². The van der Waals surface area contributed by atoms with Crippen LogP contribution in [-0.4, -0.2) is 32.8 Å². The molecule has 0 saturated carbocycles. The van der Waals surface area contributed by atoms with Crippen LogP contribution in [0.5, 0.6) is 5.75 Å². The summed E-state index contributed by atoms with van der Waals surface area (Å²) in [5.74, 6) is 0.284. The third-order valence-electron chi connectivity index (χ3n) is 3.27. The minimum absolute atomic E-state index is 0.0135. The van der Waals surface area contributed by atoms with Crippen LogP contribution in [0.1, 0.15) is 26.7 Å². The van der Waals surface area contributed by atoms with Crippen molar-refractivity contribution in [3.63, 3.8) is 0 Å². The normalized spacial score (nSPS) is 12.4. The molecule has 2 N–H and O–H groups in total. The third-order valence-corrected chi connectivity index (χ3v) is 4.71. The zero-order chi connectivity index (χ0) is 14.5. The van der Waals surface area contributed by atoms with Gasteiger partial charge in [-0.1, -0.05) is 26.0 Å². The molecular weight excluding hydrogens is 266 g/mol. The maximum absolute atomic E-state index is 12.2. The van der Waals surface area contributed by atoms with Gasteiger partial charge < -0.3 is 9.84 Å². The summed E-state index contributed by atoms with van der Waals surface area (Å²) in [6.07, 6.45) is 0.968. The predicted molar refractivity (Wildman–Crippen MR) is 73.7 cm³/mol.